The van der Waals surface area contributed by atoms with Crippen LogP contribution in [0.2, 0.25) is 0 Å². The van der Waals surface area contributed by atoms with Crippen LogP contribution in [0.3, 0.4) is 0 Å². The second-order valence-electron chi connectivity index (χ2n) is 5.82. The maximum Gasteiger partial charge on any atom is 0.243 e. The first-order chi connectivity index (χ1) is 9.59. The first-order valence-electron chi connectivity index (χ1n) is 7.36. The second-order valence-corrected chi connectivity index (χ2v) is 7.71. The van der Waals surface area contributed by atoms with E-state index >= 15 is 0 Å². The van der Waals surface area contributed by atoms with Crippen molar-refractivity contribution < 1.29 is 12.8 Å². The minimum Gasteiger partial charge on any atom is -0.207 e. The smallest absolute Gasteiger partial charge is 0.207 e. The van der Waals surface area contributed by atoms with Gasteiger partial charge in [-0.3, -0.25) is 0 Å². The maximum atomic E-state index is 13.0. The van der Waals surface area contributed by atoms with Crippen LogP contribution in [-0.4, -0.2) is 25.3 Å². The fraction of sp³-hybridized carbons (Fsp3) is 0.600. The number of fused-ring (bicyclic) bond motifs is 1. The van der Waals surface area contributed by atoms with Crippen LogP contribution in [0.25, 0.3) is 0 Å². The van der Waals surface area contributed by atoms with Crippen LogP contribution < -0.4 is 0 Å². The summed E-state index contributed by atoms with van der Waals surface area (Å²) in [6, 6.07) is 5.33. The standard InChI is InChI=1S/C15H20FNO2S/c16-13-7-9-14(10-8-13)20(18,19)17-11-3-5-12-4-1-2-6-15(12)17/h7-10,12,15H,1-6,11H2/t12-,15-/m1/s1. The fourth-order valence-electron chi connectivity index (χ4n) is 3.62. The predicted octanol–water partition coefficient (Wildman–Crippen LogP) is 3.17. The highest BCUT2D eigenvalue weighted by atomic mass is 32.2. The molecule has 1 heterocycles. The molecule has 0 amide bonds. The summed E-state index contributed by atoms with van der Waals surface area (Å²) < 4.78 is 40.2. The van der Waals surface area contributed by atoms with E-state index in [4.69, 9.17) is 0 Å². The summed E-state index contributed by atoms with van der Waals surface area (Å²) in [5.41, 5.74) is 0. The van der Waals surface area contributed by atoms with E-state index in [1.807, 2.05) is 0 Å². The molecule has 1 aliphatic heterocycles. The number of hydrogen-bond acceptors (Lipinski definition) is 2. The van der Waals surface area contributed by atoms with Gasteiger partial charge >= 0.3 is 0 Å². The molecule has 110 valence electrons. The van der Waals surface area contributed by atoms with Gasteiger partial charge in [-0.15, -0.1) is 0 Å². The molecule has 1 saturated carbocycles. The number of nitrogens with zero attached hydrogens (tertiary/aromatic N) is 1. The zero-order valence-electron chi connectivity index (χ0n) is 11.5. The fourth-order valence-corrected chi connectivity index (χ4v) is 5.37. The van der Waals surface area contributed by atoms with Gasteiger partial charge in [0.1, 0.15) is 5.82 Å². The first kappa shape index (κ1) is 14.0. The number of halogens is 1. The Morgan fingerprint density at radius 1 is 1.00 bits per heavy atom. The van der Waals surface area contributed by atoms with Crippen molar-refractivity contribution in [2.45, 2.75) is 49.5 Å². The summed E-state index contributed by atoms with van der Waals surface area (Å²) in [7, 11) is -3.48. The lowest BCUT2D eigenvalue weighted by atomic mass is 9.79. The Morgan fingerprint density at radius 2 is 1.65 bits per heavy atom. The average molecular weight is 297 g/mol. The van der Waals surface area contributed by atoms with Crippen molar-refractivity contribution in [3.63, 3.8) is 0 Å². The lowest BCUT2D eigenvalue weighted by Gasteiger charge is -2.43. The van der Waals surface area contributed by atoms with Crippen LogP contribution in [-0.2, 0) is 10.0 Å². The first-order valence-corrected chi connectivity index (χ1v) is 8.80. The van der Waals surface area contributed by atoms with E-state index in [-0.39, 0.29) is 10.9 Å². The maximum absolute atomic E-state index is 13.0. The summed E-state index contributed by atoms with van der Waals surface area (Å²) in [5, 5.41) is 0. The highest BCUT2D eigenvalue weighted by Gasteiger charge is 2.39. The van der Waals surface area contributed by atoms with Crippen LogP contribution in [0.5, 0.6) is 0 Å². The third-order valence-electron chi connectivity index (χ3n) is 4.61. The molecule has 0 bridgehead atoms. The molecule has 1 aliphatic carbocycles. The van der Waals surface area contributed by atoms with E-state index in [0.717, 1.165) is 32.1 Å². The summed E-state index contributed by atoms with van der Waals surface area (Å²) >= 11 is 0. The molecular formula is C15H20FNO2S. The van der Waals surface area contributed by atoms with Crippen LogP contribution in [0, 0.1) is 11.7 Å². The van der Waals surface area contributed by atoms with Gasteiger partial charge in [-0.05, 0) is 55.9 Å². The molecular weight excluding hydrogens is 277 g/mol. The molecule has 1 aromatic rings. The molecule has 2 atom stereocenters. The Bertz CT molecular complexity index is 568. The van der Waals surface area contributed by atoms with Crippen molar-refractivity contribution in [2.24, 2.45) is 5.92 Å². The Morgan fingerprint density at radius 3 is 2.40 bits per heavy atom. The van der Waals surface area contributed by atoms with Gasteiger partial charge in [-0.25, -0.2) is 12.8 Å². The lowest BCUT2D eigenvalue weighted by molar-refractivity contribution is 0.129. The third-order valence-corrected chi connectivity index (χ3v) is 6.55. The quantitative estimate of drug-likeness (QED) is 0.841. The van der Waals surface area contributed by atoms with Gasteiger partial charge < -0.3 is 0 Å². The number of rotatable bonds is 2. The monoisotopic (exact) mass is 297 g/mol. The Kier molecular flexibility index (Phi) is 3.82. The van der Waals surface area contributed by atoms with E-state index in [0.29, 0.717) is 12.5 Å². The molecule has 20 heavy (non-hydrogen) atoms. The highest BCUT2D eigenvalue weighted by Crippen LogP contribution is 2.37. The molecule has 0 radical (unpaired) electrons. The molecule has 2 fully saturated rings. The van der Waals surface area contributed by atoms with E-state index in [1.165, 1.54) is 30.7 Å². The topological polar surface area (TPSA) is 37.4 Å². The minimum atomic E-state index is -3.48. The van der Waals surface area contributed by atoms with Crippen LogP contribution >= 0.6 is 0 Å². The Labute approximate surface area is 119 Å². The van der Waals surface area contributed by atoms with Gasteiger partial charge in [0.25, 0.3) is 0 Å². The Hall–Kier alpha value is -0.940. The molecule has 3 rings (SSSR count). The van der Waals surface area contributed by atoms with Gasteiger partial charge in [0.15, 0.2) is 0 Å². The number of hydrogen-bond donors (Lipinski definition) is 0. The SMILES string of the molecule is O=S(=O)(c1ccc(F)cc1)N1CCC[C@H]2CCCC[C@H]21. The number of piperidine rings is 1. The molecule has 0 aromatic heterocycles. The summed E-state index contributed by atoms with van der Waals surface area (Å²) in [4.78, 5) is 0.213. The van der Waals surface area contributed by atoms with Crippen molar-refractivity contribution in [3.8, 4) is 0 Å². The van der Waals surface area contributed by atoms with Crippen molar-refractivity contribution in [1.29, 1.82) is 0 Å². The van der Waals surface area contributed by atoms with E-state index in [1.54, 1.807) is 4.31 Å². The zero-order chi connectivity index (χ0) is 14.2. The van der Waals surface area contributed by atoms with Gasteiger partial charge in [-0.1, -0.05) is 12.8 Å². The second kappa shape index (κ2) is 5.45. The van der Waals surface area contributed by atoms with Crippen molar-refractivity contribution in [1.82, 2.24) is 4.31 Å². The van der Waals surface area contributed by atoms with Crippen LogP contribution in [0.1, 0.15) is 38.5 Å². The van der Waals surface area contributed by atoms with E-state index in [2.05, 4.69) is 0 Å². The van der Waals surface area contributed by atoms with Crippen molar-refractivity contribution >= 4 is 10.0 Å². The van der Waals surface area contributed by atoms with Gasteiger partial charge in [-0.2, -0.15) is 4.31 Å². The largest absolute Gasteiger partial charge is 0.243 e. The summed E-state index contributed by atoms with van der Waals surface area (Å²) in [6.07, 6.45) is 6.50. The number of benzene rings is 1. The molecule has 0 spiro atoms. The van der Waals surface area contributed by atoms with Gasteiger partial charge in [0.05, 0.1) is 4.90 Å². The normalized spacial score (nSPS) is 28.1. The lowest BCUT2D eigenvalue weighted by Crippen LogP contribution is -2.49. The molecule has 0 unspecified atom stereocenters. The number of sulfonamides is 1. The molecule has 2 aliphatic rings. The van der Waals surface area contributed by atoms with Crippen molar-refractivity contribution in [3.05, 3.63) is 30.1 Å². The highest BCUT2D eigenvalue weighted by molar-refractivity contribution is 7.89. The molecule has 3 nitrogen and oxygen atoms in total. The molecule has 1 saturated heterocycles. The zero-order valence-corrected chi connectivity index (χ0v) is 12.3. The van der Waals surface area contributed by atoms with Gasteiger partial charge in [0.2, 0.25) is 10.0 Å². The van der Waals surface area contributed by atoms with Crippen LogP contribution in [0.15, 0.2) is 29.2 Å². The van der Waals surface area contributed by atoms with E-state index in [9.17, 15) is 12.8 Å². The predicted molar refractivity (Wildman–Crippen MR) is 75.3 cm³/mol. The molecule has 1 aromatic carbocycles. The van der Waals surface area contributed by atoms with Crippen LogP contribution in [0.4, 0.5) is 4.39 Å². The minimum absolute atomic E-state index is 0.146. The average Bonchev–Trinajstić information content (AvgIpc) is 2.47. The molecule has 0 N–H and O–H groups in total. The van der Waals surface area contributed by atoms with Crippen molar-refractivity contribution in [2.75, 3.05) is 6.54 Å². The summed E-state index contributed by atoms with van der Waals surface area (Å²) in [6.45, 7) is 0.598. The molecule has 5 heteroatoms. The van der Waals surface area contributed by atoms with E-state index < -0.39 is 15.8 Å². The summed E-state index contributed by atoms with van der Waals surface area (Å²) in [5.74, 6) is 0.103. The third kappa shape index (κ3) is 2.49. The van der Waals surface area contributed by atoms with Gasteiger partial charge in [0, 0.05) is 12.6 Å². The Balaban J connectivity index is 1.91.